The summed E-state index contributed by atoms with van der Waals surface area (Å²) in [5.41, 5.74) is 2.97. The van der Waals surface area contributed by atoms with Gasteiger partial charge in [0.05, 0.1) is 18.3 Å². The van der Waals surface area contributed by atoms with Crippen LogP contribution >= 0.6 is 11.6 Å². The number of urea groups is 1. The minimum absolute atomic E-state index is 0.0617. The smallest absolute Gasteiger partial charge is 0.318 e. The third kappa shape index (κ3) is 5.50. The molecule has 1 fully saturated rings. The Morgan fingerprint density at radius 2 is 1.46 bits per heavy atom. The third-order valence-electron chi connectivity index (χ3n) is 6.16. The Hall–Kier alpha value is -3.75. The maximum absolute atomic E-state index is 13.2. The highest BCUT2D eigenvalue weighted by atomic mass is 35.5. The van der Waals surface area contributed by atoms with Crippen molar-refractivity contribution < 1.29 is 4.79 Å². The Balaban J connectivity index is 1.21. The van der Waals surface area contributed by atoms with Crippen LogP contribution in [0.4, 0.5) is 4.79 Å². The quantitative estimate of drug-likeness (QED) is 0.446. The molecule has 35 heavy (non-hydrogen) atoms. The summed E-state index contributed by atoms with van der Waals surface area (Å²) in [6, 6.07) is 27.3. The number of amides is 2. The summed E-state index contributed by atoms with van der Waals surface area (Å²) in [7, 11) is 0. The third-order valence-corrected chi connectivity index (χ3v) is 6.42. The Kier molecular flexibility index (Phi) is 7.02. The highest BCUT2D eigenvalue weighted by molar-refractivity contribution is 6.30. The summed E-state index contributed by atoms with van der Waals surface area (Å²) in [4.78, 5) is 17.3. The van der Waals surface area contributed by atoms with Crippen molar-refractivity contribution in [2.24, 2.45) is 0 Å². The van der Waals surface area contributed by atoms with Gasteiger partial charge in [0.2, 0.25) is 0 Å². The molecule has 2 heterocycles. The second kappa shape index (κ2) is 10.7. The first-order chi connectivity index (χ1) is 17.2. The Bertz CT molecular complexity index is 1200. The fourth-order valence-electron chi connectivity index (χ4n) is 4.26. The number of benzene rings is 3. The van der Waals surface area contributed by atoms with Crippen LogP contribution in [0, 0.1) is 0 Å². The minimum Gasteiger partial charge on any atom is -0.327 e. The van der Waals surface area contributed by atoms with Crippen molar-refractivity contribution in [3.05, 3.63) is 107 Å². The van der Waals surface area contributed by atoms with Gasteiger partial charge >= 0.3 is 6.03 Å². The minimum atomic E-state index is -0.202. The summed E-state index contributed by atoms with van der Waals surface area (Å²) >= 11 is 6.00. The van der Waals surface area contributed by atoms with Crippen LogP contribution < -0.4 is 5.32 Å². The zero-order valence-corrected chi connectivity index (χ0v) is 19.9. The van der Waals surface area contributed by atoms with Crippen LogP contribution in [0.25, 0.3) is 5.69 Å². The van der Waals surface area contributed by atoms with E-state index in [2.05, 4.69) is 25.7 Å². The number of carbonyl (C=O) groups is 1. The fourth-order valence-corrected chi connectivity index (χ4v) is 4.39. The van der Waals surface area contributed by atoms with Crippen LogP contribution in [0.5, 0.6) is 0 Å². The molecule has 8 nitrogen and oxygen atoms in total. The lowest BCUT2D eigenvalue weighted by molar-refractivity contribution is 0.132. The van der Waals surface area contributed by atoms with Crippen LogP contribution in [0.15, 0.2) is 84.9 Å². The first-order valence-electron chi connectivity index (χ1n) is 11.6. The second-order valence-electron chi connectivity index (χ2n) is 8.45. The Labute approximate surface area is 209 Å². The normalized spacial score (nSPS) is 14.3. The van der Waals surface area contributed by atoms with E-state index in [4.69, 9.17) is 11.6 Å². The van der Waals surface area contributed by atoms with E-state index >= 15 is 0 Å². The van der Waals surface area contributed by atoms with E-state index in [-0.39, 0.29) is 12.1 Å². The molecule has 2 amide bonds. The summed E-state index contributed by atoms with van der Waals surface area (Å²) in [6.45, 7) is 3.33. The predicted molar refractivity (Wildman–Crippen MR) is 134 cm³/mol. The fraction of sp³-hybridized carbons (Fsp3) is 0.231. The molecule has 1 saturated heterocycles. The van der Waals surface area contributed by atoms with Gasteiger partial charge in [-0.15, -0.1) is 5.10 Å². The van der Waals surface area contributed by atoms with Crippen molar-refractivity contribution in [1.82, 2.24) is 35.3 Å². The Morgan fingerprint density at radius 1 is 0.857 bits per heavy atom. The van der Waals surface area contributed by atoms with E-state index in [1.807, 2.05) is 89.8 Å². The number of aromatic nitrogens is 4. The number of carbonyl (C=O) groups excluding carboxylic acids is 1. The average Bonchev–Trinajstić information content (AvgIpc) is 3.37. The second-order valence-corrected chi connectivity index (χ2v) is 8.89. The molecular formula is C26H26ClN7O. The molecule has 3 aromatic carbocycles. The van der Waals surface area contributed by atoms with Gasteiger partial charge in [0.1, 0.15) is 0 Å². The number of rotatable bonds is 6. The average molecular weight is 488 g/mol. The number of hydrogen-bond acceptors (Lipinski definition) is 5. The first kappa shape index (κ1) is 23.0. The summed E-state index contributed by atoms with van der Waals surface area (Å²) in [5.74, 6) is 0.749. The molecule has 0 spiro atoms. The topological polar surface area (TPSA) is 79.2 Å². The van der Waals surface area contributed by atoms with Crippen LogP contribution in [-0.2, 0) is 6.54 Å². The molecule has 1 aliphatic heterocycles. The number of nitrogens with zero attached hydrogens (tertiary/aromatic N) is 6. The molecule has 5 rings (SSSR count). The maximum Gasteiger partial charge on any atom is 0.318 e. The van der Waals surface area contributed by atoms with Gasteiger partial charge in [-0.3, -0.25) is 4.90 Å². The summed E-state index contributed by atoms with van der Waals surface area (Å²) < 4.78 is 1.72. The van der Waals surface area contributed by atoms with E-state index < -0.39 is 0 Å². The molecule has 0 aliphatic carbocycles. The van der Waals surface area contributed by atoms with Crippen molar-refractivity contribution in [3.63, 3.8) is 0 Å². The summed E-state index contributed by atoms with van der Waals surface area (Å²) in [6.07, 6.45) is 0. The van der Waals surface area contributed by atoms with E-state index in [9.17, 15) is 4.79 Å². The largest absolute Gasteiger partial charge is 0.327 e. The van der Waals surface area contributed by atoms with Crippen LogP contribution in [0.1, 0.15) is 23.0 Å². The number of hydrogen-bond donors (Lipinski definition) is 1. The molecule has 178 valence electrons. The van der Waals surface area contributed by atoms with Crippen molar-refractivity contribution in [2.75, 3.05) is 26.2 Å². The van der Waals surface area contributed by atoms with Crippen molar-refractivity contribution in [3.8, 4) is 5.69 Å². The standard InChI is InChI=1S/C26H26ClN7O/c27-22-11-13-23(14-12-22)34-24(29-30-31-34)19-32-15-17-33(18-16-32)26(35)28-25(20-7-3-1-4-8-20)21-9-5-2-6-10-21/h1-14,25H,15-19H2,(H,28,35). The lowest BCUT2D eigenvalue weighted by atomic mass is 9.99. The van der Waals surface area contributed by atoms with Gasteiger partial charge in [-0.1, -0.05) is 72.3 Å². The molecule has 4 aromatic rings. The number of halogens is 1. The molecule has 9 heteroatoms. The van der Waals surface area contributed by atoms with Gasteiger partial charge in [-0.05, 0) is 45.8 Å². The number of tetrazole rings is 1. The van der Waals surface area contributed by atoms with Gasteiger partial charge in [0.15, 0.2) is 5.82 Å². The van der Waals surface area contributed by atoms with Gasteiger partial charge in [0, 0.05) is 31.2 Å². The van der Waals surface area contributed by atoms with Crippen LogP contribution in [-0.4, -0.2) is 62.2 Å². The molecular weight excluding hydrogens is 462 g/mol. The van der Waals surface area contributed by atoms with Crippen molar-refractivity contribution in [2.45, 2.75) is 12.6 Å². The first-order valence-corrected chi connectivity index (χ1v) is 12.0. The molecule has 0 atom stereocenters. The van der Waals surface area contributed by atoms with Crippen molar-refractivity contribution in [1.29, 1.82) is 0 Å². The molecule has 0 unspecified atom stereocenters. The monoisotopic (exact) mass is 487 g/mol. The van der Waals surface area contributed by atoms with Crippen LogP contribution in [0.2, 0.25) is 5.02 Å². The van der Waals surface area contributed by atoms with Gasteiger partial charge in [-0.25, -0.2) is 4.79 Å². The molecule has 0 bridgehead atoms. The zero-order valence-electron chi connectivity index (χ0n) is 19.2. The molecule has 1 aliphatic rings. The van der Waals surface area contributed by atoms with E-state index in [1.54, 1.807) is 4.68 Å². The van der Waals surface area contributed by atoms with Gasteiger partial charge < -0.3 is 10.2 Å². The van der Waals surface area contributed by atoms with E-state index in [0.29, 0.717) is 24.7 Å². The lowest BCUT2D eigenvalue weighted by Crippen LogP contribution is -2.52. The van der Waals surface area contributed by atoms with Gasteiger partial charge in [0.25, 0.3) is 0 Å². The predicted octanol–water partition coefficient (Wildman–Crippen LogP) is 3.93. The molecule has 1 aromatic heterocycles. The number of nitrogens with one attached hydrogen (secondary N) is 1. The van der Waals surface area contributed by atoms with E-state index in [0.717, 1.165) is 35.7 Å². The lowest BCUT2D eigenvalue weighted by Gasteiger charge is -2.35. The van der Waals surface area contributed by atoms with Gasteiger partial charge in [-0.2, -0.15) is 4.68 Å². The zero-order chi connectivity index (χ0) is 24.0. The number of piperazine rings is 1. The molecule has 1 N–H and O–H groups in total. The van der Waals surface area contributed by atoms with Crippen LogP contribution in [0.3, 0.4) is 0 Å². The highest BCUT2D eigenvalue weighted by Crippen LogP contribution is 2.22. The maximum atomic E-state index is 13.2. The van der Waals surface area contributed by atoms with Crippen molar-refractivity contribution >= 4 is 17.6 Å². The SMILES string of the molecule is O=C(NC(c1ccccc1)c1ccccc1)N1CCN(Cc2nnnn2-c2ccc(Cl)cc2)CC1. The van der Waals surface area contributed by atoms with E-state index in [1.165, 1.54) is 0 Å². The molecule has 0 saturated carbocycles. The molecule has 0 radical (unpaired) electrons. The Morgan fingerprint density at radius 3 is 2.06 bits per heavy atom. The summed E-state index contributed by atoms with van der Waals surface area (Å²) in [5, 5.41) is 16.1. The highest BCUT2D eigenvalue weighted by Gasteiger charge is 2.25.